The first-order chi connectivity index (χ1) is 31.1. The van der Waals surface area contributed by atoms with E-state index in [0.717, 1.165) is 0 Å². The van der Waals surface area contributed by atoms with Crippen LogP contribution in [0.3, 0.4) is 0 Å². The minimum Gasteiger partial charge on any atom is -0.443 e. The summed E-state index contributed by atoms with van der Waals surface area (Å²) in [5.41, 5.74) is -0.548. The number of aromatic nitrogens is 1. The van der Waals surface area contributed by atoms with E-state index in [1.165, 1.54) is 9.47 Å². The van der Waals surface area contributed by atoms with Crippen molar-refractivity contribution < 1.29 is 47.8 Å². The molecule has 6 N–H and O–H groups in total. The molecule has 372 valence electrons. The Morgan fingerprint density at radius 1 is 0.672 bits per heavy atom. The molecule has 18 heteroatoms. The van der Waals surface area contributed by atoms with Crippen LogP contribution in [-0.2, 0) is 49.5 Å². The van der Waals surface area contributed by atoms with Gasteiger partial charge >= 0.3 is 6.09 Å². The molecular weight excluding hydrogens is 861 g/mol. The maximum absolute atomic E-state index is 14.8. The van der Waals surface area contributed by atoms with Gasteiger partial charge in [-0.05, 0) is 110 Å². The molecule has 67 heavy (non-hydrogen) atoms. The Morgan fingerprint density at radius 3 is 1.73 bits per heavy atom. The summed E-state index contributed by atoms with van der Waals surface area (Å²) in [5.74, 6) is -4.82. The second-order valence-electron chi connectivity index (χ2n) is 21.2. The Bertz CT molecular complexity index is 2120. The molecule has 7 amide bonds. The van der Waals surface area contributed by atoms with Crippen LogP contribution in [-0.4, -0.2) is 124 Å². The van der Waals surface area contributed by atoms with E-state index in [2.05, 4.69) is 31.9 Å². The lowest BCUT2D eigenvalue weighted by atomic mass is 9.98. The van der Waals surface area contributed by atoms with Gasteiger partial charge in [-0.2, -0.15) is 0 Å². The van der Waals surface area contributed by atoms with Crippen molar-refractivity contribution in [2.45, 2.75) is 182 Å². The van der Waals surface area contributed by atoms with Gasteiger partial charge in [-0.3, -0.25) is 38.1 Å². The largest absolute Gasteiger partial charge is 0.443 e. The molecule has 0 spiro atoms. The van der Waals surface area contributed by atoms with Crippen LogP contribution in [0.15, 0.2) is 30.5 Å². The van der Waals surface area contributed by atoms with Crippen molar-refractivity contribution in [2.75, 3.05) is 13.1 Å². The third-order valence-corrected chi connectivity index (χ3v) is 11.3. The van der Waals surface area contributed by atoms with Crippen LogP contribution in [0.2, 0.25) is 0 Å². The predicted molar refractivity (Wildman–Crippen MR) is 253 cm³/mol. The Hall–Kier alpha value is -5.52. The van der Waals surface area contributed by atoms with Crippen LogP contribution in [0, 0.1) is 17.8 Å². The number of ether oxygens (including phenoxy) is 2. The van der Waals surface area contributed by atoms with E-state index in [0.29, 0.717) is 22.9 Å². The Balaban J connectivity index is 1.83. The minimum absolute atomic E-state index is 0.0693. The van der Waals surface area contributed by atoms with Gasteiger partial charge < -0.3 is 46.3 Å². The Morgan fingerprint density at radius 2 is 1.19 bits per heavy atom. The van der Waals surface area contributed by atoms with Crippen molar-refractivity contribution in [1.82, 2.24) is 41.4 Å². The van der Waals surface area contributed by atoms with Gasteiger partial charge in [0.2, 0.25) is 41.4 Å². The fraction of sp³-hybridized carbons (Fsp3) is 0.673. The average molecular weight is 937 g/mol. The van der Waals surface area contributed by atoms with Crippen LogP contribution in [0.1, 0.15) is 128 Å². The van der Waals surface area contributed by atoms with Gasteiger partial charge in [0.1, 0.15) is 41.9 Å². The van der Waals surface area contributed by atoms with Crippen molar-refractivity contribution in [3.8, 4) is 0 Å². The molecule has 1 aromatic heterocycles. The minimum atomic E-state index is -1.33. The number of carbonyl (C=O) groups excluding carboxylic acids is 8. The van der Waals surface area contributed by atoms with E-state index in [9.17, 15) is 38.4 Å². The number of fused-ring (bicyclic) bond motifs is 2. The normalized spacial score (nSPS) is 24.1. The van der Waals surface area contributed by atoms with Crippen LogP contribution < -0.4 is 31.9 Å². The zero-order chi connectivity index (χ0) is 50.1. The van der Waals surface area contributed by atoms with E-state index in [4.69, 9.17) is 9.47 Å². The zero-order valence-electron chi connectivity index (χ0n) is 41.8. The summed E-state index contributed by atoms with van der Waals surface area (Å²) in [6, 6.07) is 0.00663. The first-order valence-electron chi connectivity index (χ1n) is 23.7. The topological polar surface area (TPSA) is 235 Å². The number of nitrogens with zero attached hydrogens (tertiary/aromatic N) is 2. The van der Waals surface area contributed by atoms with Crippen LogP contribution >= 0.6 is 0 Å². The third-order valence-electron chi connectivity index (χ3n) is 11.3. The zero-order valence-corrected chi connectivity index (χ0v) is 41.8. The van der Waals surface area contributed by atoms with Crippen molar-refractivity contribution in [3.05, 3.63) is 36.0 Å². The number of hydrogen-bond donors (Lipinski definition) is 6. The van der Waals surface area contributed by atoms with E-state index in [1.807, 2.05) is 62.3 Å². The van der Waals surface area contributed by atoms with Crippen LogP contribution in [0.4, 0.5) is 4.79 Å². The maximum atomic E-state index is 14.8. The highest BCUT2D eigenvalue weighted by molar-refractivity contribution is 5.99. The third kappa shape index (κ3) is 15.8. The maximum Gasteiger partial charge on any atom is 0.419 e. The summed E-state index contributed by atoms with van der Waals surface area (Å²) < 4.78 is 13.3. The molecule has 2 fully saturated rings. The molecule has 2 aliphatic heterocycles. The summed E-state index contributed by atoms with van der Waals surface area (Å²) in [6.07, 6.45) is 1.12. The highest BCUT2D eigenvalue weighted by Crippen LogP contribution is 2.26. The van der Waals surface area contributed by atoms with Gasteiger partial charge in [-0.15, -0.1) is 0 Å². The summed E-state index contributed by atoms with van der Waals surface area (Å²) in [5, 5.41) is 17.3. The van der Waals surface area contributed by atoms with Crippen LogP contribution in [0.25, 0.3) is 10.9 Å². The SMILES string of the molecule is CC(C)C[C@@H]1NC(=O)CNC(=O)[C@H](Cc2cn(C(=O)OC(C)(C)C)c3ccccc23)NC(=O)[C@@H]2CCCN2C(=O)[C@H]([C@@H](C)OC(C)(C)C)NC(=O)[C@H](CC(C)C)NC(=O)[C@H](CC(C)C)NC1=O. The molecule has 2 saturated heterocycles. The van der Waals surface area contributed by atoms with Crippen molar-refractivity contribution in [3.63, 3.8) is 0 Å². The lowest BCUT2D eigenvalue weighted by Crippen LogP contribution is -2.62. The molecule has 4 rings (SSSR count). The Labute approximate surface area is 395 Å². The number of hydrogen-bond acceptors (Lipinski definition) is 10. The number of rotatable bonds is 10. The highest BCUT2D eigenvalue weighted by Gasteiger charge is 2.43. The predicted octanol–water partition coefficient (Wildman–Crippen LogP) is 3.85. The van der Waals surface area contributed by atoms with Gasteiger partial charge in [-0.25, -0.2) is 4.79 Å². The average Bonchev–Trinajstić information content (AvgIpc) is 3.84. The summed E-state index contributed by atoms with van der Waals surface area (Å²) >= 11 is 0. The second kappa shape index (κ2) is 23.0. The number of amides is 7. The van der Waals surface area contributed by atoms with Gasteiger partial charge in [0.25, 0.3) is 0 Å². The molecule has 3 heterocycles. The number of carbonyl (C=O) groups is 8. The fourth-order valence-corrected chi connectivity index (χ4v) is 8.50. The van der Waals surface area contributed by atoms with Gasteiger partial charge in [0.15, 0.2) is 0 Å². The van der Waals surface area contributed by atoms with E-state index in [1.54, 1.807) is 58.2 Å². The smallest absolute Gasteiger partial charge is 0.419 e. The molecule has 0 bridgehead atoms. The van der Waals surface area contributed by atoms with E-state index >= 15 is 0 Å². The monoisotopic (exact) mass is 937 g/mol. The lowest BCUT2D eigenvalue weighted by Gasteiger charge is -2.35. The van der Waals surface area contributed by atoms with E-state index in [-0.39, 0.29) is 56.4 Å². The molecule has 0 unspecified atom stereocenters. The van der Waals surface area contributed by atoms with Crippen LogP contribution in [0.5, 0.6) is 0 Å². The second-order valence-corrected chi connectivity index (χ2v) is 21.2. The molecule has 0 radical (unpaired) electrons. The van der Waals surface area contributed by atoms with Gasteiger partial charge in [0.05, 0.1) is 23.8 Å². The number of nitrogens with one attached hydrogen (secondary N) is 6. The molecule has 18 nitrogen and oxygen atoms in total. The standard InChI is InChI=1S/C49H76N8O10/c1-27(2)21-33-42(60)52-34(22-28(3)4)43(61)53-35(23-29(5)6)44(62)55-40(30(7)66-48(8,9)10)46(64)56-20-16-19-38(56)45(63)54-36(41(59)50-25-39(58)51-33)24-31-26-57(47(65)67-49(11,12)13)37-18-15-14-17-32(31)37/h14-15,17-18,26-30,33-36,38,40H,16,19-25H2,1-13H3,(H,50,59)(H,51,58)(H,52,60)(H,53,61)(H,54,63)(H,55,62)/t30-,33+,34+,35+,36+,38+,40+/m1/s1. The van der Waals surface area contributed by atoms with Gasteiger partial charge in [0, 0.05) is 24.5 Å². The number of para-hydroxylation sites is 1. The molecule has 2 aromatic rings. The summed E-state index contributed by atoms with van der Waals surface area (Å²) in [6.45, 7) is 23.2. The van der Waals surface area contributed by atoms with Crippen molar-refractivity contribution in [2.24, 2.45) is 17.8 Å². The quantitative estimate of drug-likeness (QED) is 0.201. The first-order valence-corrected chi connectivity index (χ1v) is 23.7. The molecular formula is C49H76N8O10. The molecule has 1 aromatic carbocycles. The van der Waals surface area contributed by atoms with Gasteiger partial charge in [-0.1, -0.05) is 59.7 Å². The molecule has 0 aliphatic carbocycles. The van der Waals surface area contributed by atoms with E-state index < -0.39 is 108 Å². The highest BCUT2D eigenvalue weighted by atomic mass is 16.6. The molecule has 2 aliphatic rings. The summed E-state index contributed by atoms with van der Waals surface area (Å²) in [7, 11) is 0. The first kappa shape index (κ1) is 54.1. The Kier molecular flexibility index (Phi) is 18.6. The summed E-state index contributed by atoms with van der Waals surface area (Å²) in [4.78, 5) is 115. The molecule has 7 atom stereocenters. The number of benzene rings is 1. The van der Waals surface area contributed by atoms with Crippen molar-refractivity contribution >= 4 is 58.3 Å². The molecule has 0 saturated carbocycles. The fourth-order valence-electron chi connectivity index (χ4n) is 8.50. The van der Waals surface area contributed by atoms with Crippen molar-refractivity contribution in [1.29, 1.82) is 0 Å². The lowest BCUT2D eigenvalue weighted by molar-refractivity contribution is -0.149.